The molecule has 7 heteroatoms. The number of hydrogen-bond donors (Lipinski definition) is 1. The van der Waals surface area contributed by atoms with Crippen LogP contribution in [0, 0.1) is 5.41 Å². The molecular formula is C19H33N5O2. The van der Waals surface area contributed by atoms with Gasteiger partial charge in [0.05, 0.1) is 13.2 Å². The molecule has 0 aromatic carbocycles. The summed E-state index contributed by atoms with van der Waals surface area (Å²) in [5, 5.41) is 9.08. The summed E-state index contributed by atoms with van der Waals surface area (Å²) in [6, 6.07) is 0.328. The van der Waals surface area contributed by atoms with E-state index in [0.29, 0.717) is 24.0 Å². The van der Waals surface area contributed by atoms with Crippen molar-refractivity contribution in [1.29, 1.82) is 0 Å². The van der Waals surface area contributed by atoms with Crippen LogP contribution < -0.4 is 5.73 Å². The summed E-state index contributed by atoms with van der Waals surface area (Å²) in [5.41, 5.74) is 6.51. The molecule has 3 aliphatic rings. The lowest BCUT2D eigenvalue weighted by atomic mass is 9.72. The molecule has 0 radical (unpaired) electrons. The molecule has 3 fully saturated rings. The molecule has 1 aliphatic carbocycles. The van der Waals surface area contributed by atoms with E-state index < -0.39 is 0 Å². The lowest BCUT2D eigenvalue weighted by Crippen LogP contribution is -2.43. The number of aromatic nitrogens is 3. The SMILES string of the molecule is COCCn1c(CN2CCC3(CCOCC3)CC2)nnc1C1CC(N)C1. The normalized spacial score (nSPS) is 29.0. The third-order valence-corrected chi connectivity index (χ3v) is 6.75. The standard InChI is InChI=1S/C19H33N5O2/c1-25-11-8-24-17(21-22-18(24)15-12-16(20)13-15)14-23-6-2-19(3-7-23)4-9-26-10-5-19/h15-16H,2-14,20H2,1H3. The molecule has 3 heterocycles. The van der Waals surface area contributed by atoms with Crippen molar-refractivity contribution < 1.29 is 9.47 Å². The summed E-state index contributed by atoms with van der Waals surface area (Å²) >= 11 is 0. The van der Waals surface area contributed by atoms with Crippen LogP contribution in [0.1, 0.15) is 56.1 Å². The Morgan fingerprint density at radius 3 is 2.54 bits per heavy atom. The fourth-order valence-electron chi connectivity index (χ4n) is 4.76. The van der Waals surface area contributed by atoms with Gasteiger partial charge in [0.1, 0.15) is 11.6 Å². The third kappa shape index (κ3) is 3.81. The van der Waals surface area contributed by atoms with Gasteiger partial charge in [0.2, 0.25) is 0 Å². The molecule has 1 aromatic rings. The van der Waals surface area contributed by atoms with E-state index in [-0.39, 0.29) is 0 Å². The van der Waals surface area contributed by atoms with Gasteiger partial charge < -0.3 is 19.8 Å². The van der Waals surface area contributed by atoms with Crippen molar-refractivity contribution in [3.63, 3.8) is 0 Å². The van der Waals surface area contributed by atoms with Crippen molar-refractivity contribution in [3.05, 3.63) is 11.6 Å². The molecule has 0 unspecified atom stereocenters. The fraction of sp³-hybridized carbons (Fsp3) is 0.895. The van der Waals surface area contributed by atoms with Crippen LogP contribution in [0.15, 0.2) is 0 Å². The smallest absolute Gasteiger partial charge is 0.147 e. The van der Waals surface area contributed by atoms with E-state index in [1.807, 2.05) is 0 Å². The first kappa shape index (κ1) is 18.3. The van der Waals surface area contributed by atoms with Gasteiger partial charge in [-0.2, -0.15) is 0 Å². The molecule has 2 saturated heterocycles. The molecule has 26 heavy (non-hydrogen) atoms. The van der Waals surface area contributed by atoms with Crippen molar-refractivity contribution >= 4 is 0 Å². The van der Waals surface area contributed by atoms with Gasteiger partial charge in [-0.05, 0) is 57.0 Å². The summed E-state index contributed by atoms with van der Waals surface area (Å²) in [7, 11) is 1.75. The number of piperidine rings is 1. The Bertz CT molecular complexity index is 583. The molecule has 4 rings (SSSR count). The Kier molecular flexibility index (Phi) is 5.59. The van der Waals surface area contributed by atoms with Crippen LogP contribution >= 0.6 is 0 Å². The maximum atomic E-state index is 5.98. The van der Waals surface area contributed by atoms with Crippen LogP contribution in [-0.2, 0) is 22.6 Å². The minimum Gasteiger partial charge on any atom is -0.383 e. The number of nitrogens with two attached hydrogens (primary N) is 1. The monoisotopic (exact) mass is 363 g/mol. The minimum atomic E-state index is 0.328. The van der Waals surface area contributed by atoms with E-state index in [0.717, 1.165) is 63.9 Å². The molecule has 1 aromatic heterocycles. The number of hydrogen-bond acceptors (Lipinski definition) is 6. The quantitative estimate of drug-likeness (QED) is 0.826. The van der Waals surface area contributed by atoms with Crippen LogP contribution in [-0.4, -0.2) is 65.7 Å². The highest BCUT2D eigenvalue weighted by Gasteiger charge is 2.37. The Labute approximate surface area is 156 Å². The number of nitrogens with zero attached hydrogens (tertiary/aromatic N) is 4. The largest absolute Gasteiger partial charge is 0.383 e. The molecule has 1 saturated carbocycles. The van der Waals surface area contributed by atoms with E-state index in [9.17, 15) is 0 Å². The molecule has 2 N–H and O–H groups in total. The zero-order valence-corrected chi connectivity index (χ0v) is 16.0. The Morgan fingerprint density at radius 1 is 1.15 bits per heavy atom. The Balaban J connectivity index is 1.39. The van der Waals surface area contributed by atoms with E-state index in [2.05, 4.69) is 19.7 Å². The van der Waals surface area contributed by atoms with E-state index in [4.69, 9.17) is 15.2 Å². The predicted octanol–water partition coefficient (Wildman–Crippen LogP) is 1.52. The fourth-order valence-corrected chi connectivity index (χ4v) is 4.76. The van der Waals surface area contributed by atoms with Crippen LogP contribution in [0.4, 0.5) is 0 Å². The van der Waals surface area contributed by atoms with Gasteiger partial charge in [-0.1, -0.05) is 0 Å². The van der Waals surface area contributed by atoms with Gasteiger partial charge in [0.25, 0.3) is 0 Å². The number of rotatable bonds is 6. The predicted molar refractivity (Wildman–Crippen MR) is 98.8 cm³/mol. The molecule has 0 amide bonds. The van der Waals surface area contributed by atoms with Crippen molar-refractivity contribution in [2.24, 2.45) is 11.1 Å². The molecule has 7 nitrogen and oxygen atoms in total. The van der Waals surface area contributed by atoms with Crippen LogP contribution in [0.25, 0.3) is 0 Å². The van der Waals surface area contributed by atoms with Crippen LogP contribution in [0.3, 0.4) is 0 Å². The van der Waals surface area contributed by atoms with Gasteiger partial charge in [0.15, 0.2) is 0 Å². The van der Waals surface area contributed by atoms with Crippen LogP contribution in [0.2, 0.25) is 0 Å². The number of methoxy groups -OCH3 is 1. The molecule has 1 spiro atoms. The highest BCUT2D eigenvalue weighted by Crippen LogP contribution is 2.41. The lowest BCUT2D eigenvalue weighted by Gasteiger charge is -2.44. The summed E-state index contributed by atoms with van der Waals surface area (Å²) < 4.78 is 13.2. The Hall–Kier alpha value is -1.02. The highest BCUT2D eigenvalue weighted by atomic mass is 16.5. The molecule has 0 bridgehead atoms. The first-order valence-electron chi connectivity index (χ1n) is 10.2. The van der Waals surface area contributed by atoms with Gasteiger partial charge in [-0.25, -0.2) is 0 Å². The second-order valence-electron chi connectivity index (χ2n) is 8.44. The maximum absolute atomic E-state index is 5.98. The van der Waals surface area contributed by atoms with Gasteiger partial charge in [0, 0.05) is 38.8 Å². The molecule has 2 aliphatic heterocycles. The third-order valence-electron chi connectivity index (χ3n) is 6.75. The first-order valence-corrected chi connectivity index (χ1v) is 10.2. The molecular weight excluding hydrogens is 330 g/mol. The van der Waals surface area contributed by atoms with Crippen molar-refractivity contribution in [2.75, 3.05) is 40.0 Å². The van der Waals surface area contributed by atoms with E-state index >= 15 is 0 Å². The summed E-state index contributed by atoms with van der Waals surface area (Å²) in [5.74, 6) is 2.66. The minimum absolute atomic E-state index is 0.328. The van der Waals surface area contributed by atoms with E-state index in [1.54, 1.807) is 7.11 Å². The molecule has 0 atom stereocenters. The van der Waals surface area contributed by atoms with E-state index in [1.165, 1.54) is 25.7 Å². The Morgan fingerprint density at radius 2 is 1.88 bits per heavy atom. The second kappa shape index (κ2) is 7.92. The first-order chi connectivity index (χ1) is 12.7. The topological polar surface area (TPSA) is 78.4 Å². The average Bonchev–Trinajstić information content (AvgIpc) is 3.02. The van der Waals surface area contributed by atoms with Crippen LogP contribution in [0.5, 0.6) is 0 Å². The zero-order chi connectivity index (χ0) is 18.0. The lowest BCUT2D eigenvalue weighted by molar-refractivity contribution is -0.0223. The van der Waals surface area contributed by atoms with Gasteiger partial charge >= 0.3 is 0 Å². The summed E-state index contributed by atoms with van der Waals surface area (Å²) in [6.45, 7) is 6.61. The number of likely N-dealkylation sites (tertiary alicyclic amines) is 1. The van der Waals surface area contributed by atoms with Gasteiger partial charge in [-0.3, -0.25) is 4.90 Å². The zero-order valence-electron chi connectivity index (χ0n) is 16.0. The average molecular weight is 364 g/mol. The maximum Gasteiger partial charge on any atom is 0.147 e. The summed E-state index contributed by atoms with van der Waals surface area (Å²) in [4.78, 5) is 2.55. The molecule has 146 valence electrons. The van der Waals surface area contributed by atoms with Crippen molar-refractivity contribution in [2.45, 2.75) is 63.6 Å². The highest BCUT2D eigenvalue weighted by molar-refractivity contribution is 5.09. The van der Waals surface area contributed by atoms with Crippen molar-refractivity contribution in [1.82, 2.24) is 19.7 Å². The summed E-state index contributed by atoms with van der Waals surface area (Å²) in [6.07, 6.45) is 7.09. The van der Waals surface area contributed by atoms with Crippen molar-refractivity contribution in [3.8, 4) is 0 Å². The van der Waals surface area contributed by atoms with Gasteiger partial charge in [-0.15, -0.1) is 10.2 Å². The second-order valence-corrected chi connectivity index (χ2v) is 8.44. The number of ether oxygens (including phenoxy) is 2.